The SMILES string of the molecule is Cc1c(Cl)nc2c(ncn2C2CC(C)C(CO)C2)c1Cl. The van der Waals surface area contributed by atoms with Crippen LogP contribution in [-0.4, -0.2) is 26.2 Å². The number of pyridine rings is 1. The molecule has 0 bridgehead atoms. The van der Waals surface area contributed by atoms with Gasteiger partial charge < -0.3 is 9.67 Å². The van der Waals surface area contributed by atoms with Crippen molar-refractivity contribution in [2.24, 2.45) is 11.8 Å². The van der Waals surface area contributed by atoms with E-state index in [0.29, 0.717) is 33.6 Å². The Kier molecular flexibility index (Phi) is 3.65. The van der Waals surface area contributed by atoms with Gasteiger partial charge in [-0.1, -0.05) is 30.1 Å². The molecule has 1 N–H and O–H groups in total. The minimum Gasteiger partial charge on any atom is -0.396 e. The van der Waals surface area contributed by atoms with Crippen molar-refractivity contribution in [3.63, 3.8) is 0 Å². The fourth-order valence-corrected chi connectivity index (χ4v) is 3.56. The molecule has 4 nitrogen and oxygen atoms in total. The molecule has 1 aliphatic rings. The number of aliphatic hydroxyl groups excluding tert-OH is 1. The first-order chi connectivity index (χ1) is 9.52. The highest BCUT2D eigenvalue weighted by molar-refractivity contribution is 6.38. The molecule has 0 radical (unpaired) electrons. The Morgan fingerprint density at radius 2 is 2.15 bits per heavy atom. The number of fused-ring (bicyclic) bond motifs is 1. The van der Waals surface area contributed by atoms with Crippen molar-refractivity contribution in [1.29, 1.82) is 0 Å². The molecule has 1 aliphatic carbocycles. The van der Waals surface area contributed by atoms with E-state index in [1.165, 1.54) is 0 Å². The maximum atomic E-state index is 9.41. The van der Waals surface area contributed by atoms with Crippen LogP contribution in [0.4, 0.5) is 0 Å². The Labute approximate surface area is 127 Å². The number of aromatic nitrogens is 3. The molecule has 0 aromatic carbocycles. The van der Waals surface area contributed by atoms with Crippen LogP contribution in [0, 0.1) is 18.8 Å². The van der Waals surface area contributed by atoms with Gasteiger partial charge >= 0.3 is 0 Å². The number of halogens is 2. The third kappa shape index (κ3) is 2.10. The summed E-state index contributed by atoms with van der Waals surface area (Å²) in [6, 6.07) is 0.300. The highest BCUT2D eigenvalue weighted by Crippen LogP contribution is 2.41. The van der Waals surface area contributed by atoms with Gasteiger partial charge in [0.2, 0.25) is 0 Å². The fraction of sp³-hybridized carbons (Fsp3) is 0.571. The Morgan fingerprint density at radius 3 is 2.80 bits per heavy atom. The topological polar surface area (TPSA) is 50.9 Å². The molecule has 2 aromatic heterocycles. The second kappa shape index (κ2) is 5.17. The number of hydrogen-bond donors (Lipinski definition) is 1. The first-order valence-electron chi connectivity index (χ1n) is 6.82. The minimum atomic E-state index is 0.234. The molecule has 0 amide bonds. The van der Waals surface area contributed by atoms with Gasteiger partial charge in [-0.3, -0.25) is 0 Å². The van der Waals surface area contributed by atoms with E-state index in [-0.39, 0.29) is 6.61 Å². The number of nitrogens with zero attached hydrogens (tertiary/aromatic N) is 3. The Hall–Kier alpha value is -0.840. The molecular weight excluding hydrogens is 297 g/mol. The molecule has 1 saturated carbocycles. The quantitative estimate of drug-likeness (QED) is 0.861. The van der Waals surface area contributed by atoms with Gasteiger partial charge in [-0.05, 0) is 31.6 Å². The molecule has 0 aliphatic heterocycles. The van der Waals surface area contributed by atoms with Gasteiger partial charge in [0, 0.05) is 18.2 Å². The van der Waals surface area contributed by atoms with Crippen molar-refractivity contribution in [2.45, 2.75) is 32.7 Å². The van der Waals surface area contributed by atoms with Gasteiger partial charge in [0.1, 0.15) is 10.7 Å². The second-order valence-corrected chi connectivity index (χ2v) is 6.45. The smallest absolute Gasteiger partial charge is 0.163 e. The zero-order valence-corrected chi connectivity index (χ0v) is 13.0. The summed E-state index contributed by atoms with van der Waals surface area (Å²) in [7, 11) is 0. The van der Waals surface area contributed by atoms with Crippen LogP contribution in [0.1, 0.15) is 31.4 Å². The maximum Gasteiger partial charge on any atom is 0.163 e. The van der Waals surface area contributed by atoms with E-state index in [9.17, 15) is 5.11 Å². The van der Waals surface area contributed by atoms with E-state index >= 15 is 0 Å². The summed E-state index contributed by atoms with van der Waals surface area (Å²) in [5.41, 5.74) is 2.20. The molecule has 3 unspecified atom stereocenters. The van der Waals surface area contributed by atoms with E-state index < -0.39 is 0 Å². The Bertz CT molecular complexity index is 655. The molecule has 2 heterocycles. The molecule has 2 aromatic rings. The molecule has 20 heavy (non-hydrogen) atoms. The number of rotatable bonds is 2. The van der Waals surface area contributed by atoms with Gasteiger partial charge in [-0.2, -0.15) is 0 Å². The lowest BCUT2D eigenvalue weighted by Crippen LogP contribution is -2.08. The molecular formula is C14H17Cl2N3O. The zero-order valence-electron chi connectivity index (χ0n) is 11.5. The van der Waals surface area contributed by atoms with Gasteiger partial charge in [-0.25, -0.2) is 9.97 Å². The maximum absolute atomic E-state index is 9.41. The van der Waals surface area contributed by atoms with Crippen molar-refractivity contribution in [2.75, 3.05) is 6.61 Å². The van der Waals surface area contributed by atoms with Crippen LogP contribution in [-0.2, 0) is 0 Å². The van der Waals surface area contributed by atoms with Gasteiger partial charge in [0.25, 0.3) is 0 Å². The molecule has 0 spiro atoms. The summed E-state index contributed by atoms with van der Waals surface area (Å²) >= 11 is 12.4. The predicted molar refractivity (Wildman–Crippen MR) is 80.3 cm³/mol. The zero-order chi connectivity index (χ0) is 14.4. The standard InChI is InChI=1S/C14H17Cl2N3O/c1-7-3-10(4-9(7)5-20)19-6-17-12-11(15)8(2)13(16)18-14(12)19/h6-7,9-10,20H,3-5H2,1-2H3. The fourth-order valence-electron chi connectivity index (χ4n) is 3.11. The molecule has 3 rings (SSSR count). The van der Waals surface area contributed by atoms with E-state index in [1.807, 2.05) is 6.92 Å². The number of imidazole rings is 1. The largest absolute Gasteiger partial charge is 0.396 e. The first-order valence-corrected chi connectivity index (χ1v) is 7.57. The minimum absolute atomic E-state index is 0.234. The monoisotopic (exact) mass is 313 g/mol. The Morgan fingerprint density at radius 1 is 1.40 bits per heavy atom. The van der Waals surface area contributed by atoms with Crippen LogP contribution in [0.2, 0.25) is 10.2 Å². The van der Waals surface area contributed by atoms with Gasteiger partial charge in [0.05, 0.1) is 11.3 Å². The lowest BCUT2D eigenvalue weighted by atomic mass is 10.00. The van der Waals surface area contributed by atoms with Crippen LogP contribution >= 0.6 is 23.2 Å². The summed E-state index contributed by atoms with van der Waals surface area (Å²) in [6.45, 7) is 4.26. The summed E-state index contributed by atoms with van der Waals surface area (Å²) in [5, 5.41) is 10.4. The molecule has 1 fully saturated rings. The lowest BCUT2D eigenvalue weighted by molar-refractivity contribution is 0.200. The molecule has 6 heteroatoms. The molecule has 108 valence electrons. The first kappa shape index (κ1) is 14.1. The van der Waals surface area contributed by atoms with Crippen LogP contribution in [0.25, 0.3) is 11.2 Å². The van der Waals surface area contributed by atoms with Crippen molar-refractivity contribution in [3.05, 3.63) is 22.1 Å². The predicted octanol–water partition coefficient (Wildman–Crippen LogP) is 3.63. The average molecular weight is 314 g/mol. The third-order valence-electron chi connectivity index (χ3n) is 4.47. The van der Waals surface area contributed by atoms with Crippen LogP contribution < -0.4 is 0 Å². The highest BCUT2D eigenvalue weighted by atomic mass is 35.5. The lowest BCUT2D eigenvalue weighted by Gasteiger charge is -2.13. The van der Waals surface area contributed by atoms with Crippen molar-refractivity contribution in [1.82, 2.24) is 14.5 Å². The average Bonchev–Trinajstić information content (AvgIpc) is 2.99. The number of aliphatic hydroxyl groups is 1. The Balaban J connectivity index is 2.06. The van der Waals surface area contributed by atoms with Crippen LogP contribution in [0.15, 0.2) is 6.33 Å². The van der Waals surface area contributed by atoms with E-state index in [4.69, 9.17) is 23.2 Å². The third-order valence-corrected chi connectivity index (χ3v) is 5.30. The summed E-state index contributed by atoms with van der Waals surface area (Å²) in [5.74, 6) is 0.840. The van der Waals surface area contributed by atoms with Crippen molar-refractivity contribution < 1.29 is 5.11 Å². The van der Waals surface area contributed by atoms with Crippen molar-refractivity contribution in [3.8, 4) is 0 Å². The van der Waals surface area contributed by atoms with Gasteiger partial charge in [-0.15, -0.1) is 0 Å². The molecule has 3 atom stereocenters. The van der Waals surface area contributed by atoms with Gasteiger partial charge in [0.15, 0.2) is 5.65 Å². The van der Waals surface area contributed by atoms with Crippen LogP contribution in [0.5, 0.6) is 0 Å². The highest BCUT2D eigenvalue weighted by Gasteiger charge is 2.33. The van der Waals surface area contributed by atoms with Crippen LogP contribution in [0.3, 0.4) is 0 Å². The summed E-state index contributed by atoms with van der Waals surface area (Å²) < 4.78 is 2.05. The van der Waals surface area contributed by atoms with Crippen molar-refractivity contribution >= 4 is 34.4 Å². The molecule has 0 saturated heterocycles. The normalized spacial score (nSPS) is 26.6. The van der Waals surface area contributed by atoms with E-state index in [2.05, 4.69) is 21.5 Å². The number of hydrogen-bond acceptors (Lipinski definition) is 3. The van der Waals surface area contributed by atoms with E-state index in [1.54, 1.807) is 6.33 Å². The summed E-state index contributed by atoms with van der Waals surface area (Å²) in [6.07, 6.45) is 3.74. The summed E-state index contributed by atoms with van der Waals surface area (Å²) in [4.78, 5) is 8.82. The second-order valence-electron chi connectivity index (χ2n) is 5.71. The van der Waals surface area contributed by atoms with E-state index in [0.717, 1.165) is 24.1 Å².